The van der Waals surface area contributed by atoms with E-state index in [1.165, 1.54) is 24.0 Å². The van der Waals surface area contributed by atoms with E-state index in [4.69, 9.17) is 5.26 Å². The van der Waals surface area contributed by atoms with Crippen molar-refractivity contribution in [3.05, 3.63) is 28.3 Å². The zero-order valence-electron chi connectivity index (χ0n) is 9.01. The number of hydrogen-bond donors (Lipinski definition) is 1. The van der Waals surface area contributed by atoms with Crippen molar-refractivity contribution >= 4 is 0 Å². The van der Waals surface area contributed by atoms with Crippen molar-refractivity contribution in [1.82, 2.24) is 0 Å². The highest BCUT2D eigenvalue weighted by molar-refractivity contribution is 5.50. The number of phenols is 1. The van der Waals surface area contributed by atoms with Gasteiger partial charge in [-0.1, -0.05) is 0 Å². The maximum Gasteiger partial charge on any atom is 0.120 e. The SMILES string of the molecule is Cc1c(CC#N)c(O)cc2c1CCCC2. The van der Waals surface area contributed by atoms with Crippen molar-refractivity contribution in [3.63, 3.8) is 0 Å². The van der Waals surface area contributed by atoms with Crippen LogP contribution in [0.2, 0.25) is 0 Å². The molecule has 0 unspecified atom stereocenters. The smallest absolute Gasteiger partial charge is 0.120 e. The van der Waals surface area contributed by atoms with Gasteiger partial charge in [0.2, 0.25) is 0 Å². The van der Waals surface area contributed by atoms with Gasteiger partial charge in [-0.25, -0.2) is 0 Å². The fourth-order valence-electron chi connectivity index (χ4n) is 2.44. The Balaban J connectivity index is 2.55. The minimum atomic E-state index is 0.301. The van der Waals surface area contributed by atoms with Crippen molar-refractivity contribution in [3.8, 4) is 11.8 Å². The summed E-state index contributed by atoms with van der Waals surface area (Å²) in [5.41, 5.74) is 4.59. The number of fused-ring (bicyclic) bond motifs is 1. The first kappa shape index (κ1) is 10.0. The van der Waals surface area contributed by atoms with Crippen LogP contribution < -0.4 is 0 Å². The fourth-order valence-corrected chi connectivity index (χ4v) is 2.44. The third-order valence-electron chi connectivity index (χ3n) is 3.29. The predicted molar refractivity (Wildman–Crippen MR) is 58.8 cm³/mol. The Morgan fingerprint density at radius 1 is 1.40 bits per heavy atom. The first-order valence-electron chi connectivity index (χ1n) is 5.44. The summed E-state index contributed by atoms with van der Waals surface area (Å²) in [6.45, 7) is 2.02. The number of aryl methyl sites for hydroxylation is 1. The third kappa shape index (κ3) is 1.70. The van der Waals surface area contributed by atoms with Gasteiger partial charge in [0.05, 0.1) is 12.5 Å². The molecule has 0 saturated heterocycles. The van der Waals surface area contributed by atoms with E-state index in [1.54, 1.807) is 0 Å². The van der Waals surface area contributed by atoms with Crippen LogP contribution in [-0.2, 0) is 19.3 Å². The van der Waals surface area contributed by atoms with E-state index >= 15 is 0 Å². The summed E-state index contributed by atoms with van der Waals surface area (Å²) in [4.78, 5) is 0. The monoisotopic (exact) mass is 201 g/mol. The Kier molecular flexibility index (Phi) is 2.64. The van der Waals surface area contributed by atoms with Gasteiger partial charge in [0.25, 0.3) is 0 Å². The molecule has 0 aromatic heterocycles. The van der Waals surface area contributed by atoms with Gasteiger partial charge in [-0.2, -0.15) is 5.26 Å². The van der Waals surface area contributed by atoms with Crippen LogP contribution in [-0.4, -0.2) is 5.11 Å². The molecule has 0 spiro atoms. The zero-order valence-corrected chi connectivity index (χ0v) is 9.01. The van der Waals surface area contributed by atoms with Crippen LogP contribution in [0.1, 0.15) is 35.1 Å². The standard InChI is InChI=1S/C13H15NO/c1-9-11-5-3-2-4-10(11)8-13(15)12(9)6-7-14/h8,15H,2-6H2,1H3. The van der Waals surface area contributed by atoms with Crippen LogP contribution in [0.5, 0.6) is 5.75 Å². The number of rotatable bonds is 1. The summed E-state index contributed by atoms with van der Waals surface area (Å²) in [6, 6.07) is 3.97. The lowest BCUT2D eigenvalue weighted by atomic mass is 9.85. The highest BCUT2D eigenvalue weighted by Crippen LogP contribution is 2.32. The number of hydrogen-bond acceptors (Lipinski definition) is 2. The van der Waals surface area contributed by atoms with Gasteiger partial charge in [-0.05, 0) is 55.4 Å². The molecule has 1 aliphatic rings. The Bertz CT molecular complexity index is 429. The molecule has 0 amide bonds. The van der Waals surface area contributed by atoms with Crippen LogP contribution >= 0.6 is 0 Å². The number of phenolic OH excluding ortho intramolecular Hbond substituents is 1. The normalized spacial score (nSPS) is 14.4. The lowest BCUT2D eigenvalue weighted by Crippen LogP contribution is -2.07. The van der Waals surface area contributed by atoms with Crippen LogP contribution in [0.3, 0.4) is 0 Å². The average molecular weight is 201 g/mol. The van der Waals surface area contributed by atoms with E-state index in [1.807, 2.05) is 13.0 Å². The molecule has 0 atom stereocenters. The van der Waals surface area contributed by atoms with E-state index < -0.39 is 0 Å². The third-order valence-corrected chi connectivity index (χ3v) is 3.29. The van der Waals surface area contributed by atoms with Crippen molar-refractivity contribution < 1.29 is 5.11 Å². The molecule has 1 aromatic carbocycles. The Morgan fingerprint density at radius 2 is 2.13 bits per heavy atom. The van der Waals surface area contributed by atoms with E-state index in [0.29, 0.717) is 12.2 Å². The number of benzene rings is 1. The molecule has 0 bridgehead atoms. The summed E-state index contributed by atoms with van der Waals surface area (Å²) in [5.74, 6) is 0.301. The van der Waals surface area contributed by atoms with Crippen LogP contribution in [0, 0.1) is 18.3 Å². The van der Waals surface area contributed by atoms with Gasteiger partial charge in [0, 0.05) is 5.56 Å². The molecule has 2 rings (SSSR count). The summed E-state index contributed by atoms with van der Waals surface area (Å²) >= 11 is 0. The number of nitriles is 1. The molecule has 1 aromatic rings. The topological polar surface area (TPSA) is 44.0 Å². The second kappa shape index (κ2) is 3.94. The molecule has 2 heteroatoms. The van der Waals surface area contributed by atoms with Gasteiger partial charge >= 0.3 is 0 Å². The second-order valence-electron chi connectivity index (χ2n) is 4.18. The van der Waals surface area contributed by atoms with Gasteiger partial charge in [-0.3, -0.25) is 0 Å². The lowest BCUT2D eigenvalue weighted by molar-refractivity contribution is 0.467. The molecular weight excluding hydrogens is 186 g/mol. The van der Waals surface area contributed by atoms with E-state index in [2.05, 4.69) is 6.07 Å². The highest BCUT2D eigenvalue weighted by atomic mass is 16.3. The van der Waals surface area contributed by atoms with Gasteiger partial charge in [0.1, 0.15) is 5.75 Å². The predicted octanol–water partition coefficient (Wildman–Crippen LogP) is 2.65. The van der Waals surface area contributed by atoms with Gasteiger partial charge in [0.15, 0.2) is 0 Å². The van der Waals surface area contributed by atoms with Crippen molar-refractivity contribution in [1.29, 1.82) is 5.26 Å². The molecule has 0 fully saturated rings. The van der Waals surface area contributed by atoms with Crippen molar-refractivity contribution in [2.75, 3.05) is 0 Å². The molecule has 0 radical (unpaired) electrons. The molecule has 0 aliphatic heterocycles. The molecular formula is C13H15NO. The minimum absolute atomic E-state index is 0.301. The van der Waals surface area contributed by atoms with Gasteiger partial charge in [-0.15, -0.1) is 0 Å². The molecule has 0 heterocycles. The molecule has 2 nitrogen and oxygen atoms in total. The lowest BCUT2D eigenvalue weighted by Gasteiger charge is -2.20. The summed E-state index contributed by atoms with van der Waals surface area (Å²) in [6.07, 6.45) is 4.91. The van der Waals surface area contributed by atoms with Crippen molar-refractivity contribution in [2.45, 2.75) is 39.0 Å². The molecule has 1 N–H and O–H groups in total. The van der Waals surface area contributed by atoms with Crippen molar-refractivity contribution in [2.24, 2.45) is 0 Å². The van der Waals surface area contributed by atoms with Crippen LogP contribution in [0.4, 0.5) is 0 Å². The average Bonchev–Trinajstić information content (AvgIpc) is 2.24. The first-order valence-corrected chi connectivity index (χ1v) is 5.44. The van der Waals surface area contributed by atoms with Crippen LogP contribution in [0.25, 0.3) is 0 Å². The number of nitrogens with zero attached hydrogens (tertiary/aromatic N) is 1. The highest BCUT2D eigenvalue weighted by Gasteiger charge is 2.16. The Morgan fingerprint density at radius 3 is 2.87 bits per heavy atom. The summed E-state index contributed by atoms with van der Waals surface area (Å²) in [5, 5.41) is 18.5. The van der Waals surface area contributed by atoms with Gasteiger partial charge < -0.3 is 5.11 Å². The quantitative estimate of drug-likeness (QED) is 0.759. The van der Waals surface area contributed by atoms with E-state index in [-0.39, 0.29) is 0 Å². The summed E-state index contributed by atoms with van der Waals surface area (Å²) < 4.78 is 0. The molecule has 15 heavy (non-hydrogen) atoms. The van der Waals surface area contributed by atoms with E-state index in [9.17, 15) is 5.11 Å². The zero-order chi connectivity index (χ0) is 10.8. The maximum atomic E-state index is 9.83. The minimum Gasteiger partial charge on any atom is -0.508 e. The second-order valence-corrected chi connectivity index (χ2v) is 4.18. The largest absolute Gasteiger partial charge is 0.508 e. The molecule has 78 valence electrons. The molecule has 1 aliphatic carbocycles. The van der Waals surface area contributed by atoms with Crippen LogP contribution in [0.15, 0.2) is 6.07 Å². The number of aromatic hydroxyl groups is 1. The Labute approximate surface area is 90.2 Å². The van der Waals surface area contributed by atoms with E-state index in [0.717, 1.165) is 24.0 Å². The maximum absolute atomic E-state index is 9.83. The first-order chi connectivity index (χ1) is 7.24. The molecule has 0 saturated carbocycles. The Hall–Kier alpha value is -1.49. The summed E-state index contributed by atoms with van der Waals surface area (Å²) in [7, 11) is 0. The fraction of sp³-hybridized carbons (Fsp3) is 0.462.